The Hall–Kier alpha value is -3.43. The third-order valence-corrected chi connectivity index (χ3v) is 5.52. The van der Waals surface area contributed by atoms with E-state index in [9.17, 15) is 4.79 Å². The SMILES string of the molecule is COCCOCCOCCOCCOc1ccccc1-c1cc(C=O)c(OCc2ccccc2)c(OC)c1. The summed E-state index contributed by atoms with van der Waals surface area (Å²) in [5.41, 5.74) is 3.02. The number of carbonyl (C=O) groups is 1. The topological polar surface area (TPSA) is 81.7 Å². The van der Waals surface area contributed by atoms with Crippen LogP contribution in [0.15, 0.2) is 66.7 Å². The van der Waals surface area contributed by atoms with Crippen LogP contribution >= 0.6 is 0 Å². The number of methoxy groups -OCH3 is 2. The predicted molar refractivity (Wildman–Crippen MR) is 144 cm³/mol. The molecule has 0 aliphatic rings. The highest BCUT2D eigenvalue weighted by atomic mass is 16.6. The Labute approximate surface area is 224 Å². The second-order valence-corrected chi connectivity index (χ2v) is 8.16. The lowest BCUT2D eigenvalue weighted by Crippen LogP contribution is -2.13. The molecule has 0 heterocycles. The zero-order chi connectivity index (χ0) is 26.8. The van der Waals surface area contributed by atoms with E-state index in [4.69, 9.17) is 33.2 Å². The minimum absolute atomic E-state index is 0.324. The Morgan fingerprint density at radius 3 is 1.95 bits per heavy atom. The van der Waals surface area contributed by atoms with E-state index in [0.717, 1.165) is 23.0 Å². The van der Waals surface area contributed by atoms with Gasteiger partial charge < -0.3 is 33.2 Å². The van der Waals surface area contributed by atoms with Crippen molar-refractivity contribution in [1.82, 2.24) is 0 Å². The van der Waals surface area contributed by atoms with Crippen LogP contribution in [0, 0.1) is 0 Å². The minimum atomic E-state index is 0.324. The molecule has 0 aliphatic heterocycles. The number of para-hydroxylation sites is 1. The fraction of sp³-hybridized carbons (Fsp3) is 0.367. The van der Waals surface area contributed by atoms with Gasteiger partial charge in [-0.2, -0.15) is 0 Å². The molecule has 0 amide bonds. The van der Waals surface area contributed by atoms with Crippen molar-refractivity contribution in [3.8, 4) is 28.4 Å². The molecule has 38 heavy (non-hydrogen) atoms. The number of hydrogen-bond donors (Lipinski definition) is 0. The molecule has 0 aromatic heterocycles. The Morgan fingerprint density at radius 2 is 1.29 bits per heavy atom. The van der Waals surface area contributed by atoms with Gasteiger partial charge in [0.25, 0.3) is 0 Å². The molecule has 3 aromatic rings. The normalized spacial score (nSPS) is 10.8. The maximum Gasteiger partial charge on any atom is 0.172 e. The quantitative estimate of drug-likeness (QED) is 0.163. The van der Waals surface area contributed by atoms with Gasteiger partial charge in [-0.3, -0.25) is 4.79 Å². The second-order valence-electron chi connectivity index (χ2n) is 8.16. The molecule has 0 saturated heterocycles. The maximum atomic E-state index is 12.0. The van der Waals surface area contributed by atoms with Gasteiger partial charge in [0, 0.05) is 12.7 Å². The largest absolute Gasteiger partial charge is 0.493 e. The molecule has 0 unspecified atom stereocenters. The van der Waals surface area contributed by atoms with Crippen molar-refractivity contribution >= 4 is 6.29 Å². The molecule has 0 saturated carbocycles. The van der Waals surface area contributed by atoms with E-state index in [-0.39, 0.29) is 0 Å². The molecule has 0 aliphatic carbocycles. The molecule has 204 valence electrons. The molecule has 0 radical (unpaired) electrons. The number of carbonyl (C=O) groups excluding carboxylic acids is 1. The van der Waals surface area contributed by atoms with Crippen molar-refractivity contribution in [3.63, 3.8) is 0 Å². The molecule has 0 N–H and O–H groups in total. The van der Waals surface area contributed by atoms with Crippen molar-refractivity contribution < 1.29 is 38.0 Å². The minimum Gasteiger partial charge on any atom is -0.493 e. The van der Waals surface area contributed by atoms with Gasteiger partial charge in [0.2, 0.25) is 0 Å². The van der Waals surface area contributed by atoms with Gasteiger partial charge in [0.1, 0.15) is 19.0 Å². The van der Waals surface area contributed by atoms with E-state index in [1.807, 2.05) is 60.7 Å². The molecule has 8 heteroatoms. The second kappa shape index (κ2) is 17.1. The Balaban J connectivity index is 1.54. The summed E-state index contributed by atoms with van der Waals surface area (Å²) < 4.78 is 38.9. The lowest BCUT2D eigenvalue weighted by atomic mass is 10.0. The molecule has 0 bridgehead atoms. The molecular formula is C30H36O8. The lowest BCUT2D eigenvalue weighted by molar-refractivity contribution is 0.000184. The van der Waals surface area contributed by atoms with Crippen LogP contribution in [0.1, 0.15) is 15.9 Å². The summed E-state index contributed by atoms with van der Waals surface area (Å²) in [6.07, 6.45) is 0.775. The van der Waals surface area contributed by atoms with Crippen molar-refractivity contribution in [3.05, 3.63) is 77.9 Å². The monoisotopic (exact) mass is 524 g/mol. The fourth-order valence-corrected chi connectivity index (χ4v) is 3.63. The lowest BCUT2D eigenvalue weighted by Gasteiger charge is -2.17. The van der Waals surface area contributed by atoms with Crippen LogP contribution in [0.2, 0.25) is 0 Å². The number of ether oxygens (including phenoxy) is 7. The van der Waals surface area contributed by atoms with Crippen LogP contribution < -0.4 is 14.2 Å². The summed E-state index contributed by atoms with van der Waals surface area (Å²) in [7, 11) is 3.20. The molecule has 0 fully saturated rings. The maximum absolute atomic E-state index is 12.0. The first-order chi connectivity index (χ1) is 18.8. The van der Waals surface area contributed by atoms with Gasteiger partial charge in [-0.05, 0) is 29.3 Å². The summed E-state index contributed by atoms with van der Waals surface area (Å²) in [5.74, 6) is 1.56. The molecular weight excluding hydrogens is 488 g/mol. The highest BCUT2D eigenvalue weighted by Gasteiger charge is 2.16. The average molecular weight is 525 g/mol. The van der Waals surface area contributed by atoms with Crippen LogP contribution in [0.3, 0.4) is 0 Å². The summed E-state index contributed by atoms with van der Waals surface area (Å²) >= 11 is 0. The summed E-state index contributed by atoms with van der Waals surface area (Å²) in [5, 5.41) is 0. The number of benzene rings is 3. The number of hydrogen-bond acceptors (Lipinski definition) is 8. The van der Waals surface area contributed by atoms with Crippen LogP contribution in [0.4, 0.5) is 0 Å². The first-order valence-corrected chi connectivity index (χ1v) is 12.5. The van der Waals surface area contributed by atoms with Crippen LogP contribution in [-0.4, -0.2) is 73.4 Å². The molecule has 0 spiro atoms. The predicted octanol–water partition coefficient (Wildman–Crippen LogP) is 4.83. The van der Waals surface area contributed by atoms with E-state index in [2.05, 4.69) is 0 Å². The molecule has 3 rings (SSSR count). The Morgan fingerprint density at radius 1 is 0.658 bits per heavy atom. The van der Waals surface area contributed by atoms with E-state index in [0.29, 0.717) is 82.3 Å². The Kier molecular flexibility index (Phi) is 13.1. The smallest absolute Gasteiger partial charge is 0.172 e. The van der Waals surface area contributed by atoms with Crippen molar-refractivity contribution in [2.75, 3.05) is 67.1 Å². The zero-order valence-electron chi connectivity index (χ0n) is 22.1. The van der Waals surface area contributed by atoms with Crippen molar-refractivity contribution in [1.29, 1.82) is 0 Å². The standard InChI is InChI=1S/C30H36O8/c1-32-12-13-34-14-15-35-16-17-36-18-19-37-28-11-7-6-10-27(28)25-20-26(22-31)30(29(21-25)33-2)38-23-24-8-4-3-5-9-24/h3-11,20-22H,12-19,23H2,1-2H3. The number of rotatable bonds is 19. The van der Waals surface area contributed by atoms with Crippen molar-refractivity contribution in [2.24, 2.45) is 0 Å². The van der Waals surface area contributed by atoms with E-state index in [1.165, 1.54) is 0 Å². The first-order valence-electron chi connectivity index (χ1n) is 12.5. The third-order valence-electron chi connectivity index (χ3n) is 5.52. The van der Waals surface area contributed by atoms with E-state index < -0.39 is 0 Å². The average Bonchev–Trinajstić information content (AvgIpc) is 2.97. The summed E-state index contributed by atoms with van der Waals surface area (Å²) in [4.78, 5) is 12.0. The van der Waals surface area contributed by atoms with Crippen molar-refractivity contribution in [2.45, 2.75) is 6.61 Å². The fourth-order valence-electron chi connectivity index (χ4n) is 3.63. The van der Waals surface area contributed by atoms with E-state index in [1.54, 1.807) is 20.3 Å². The summed E-state index contributed by atoms with van der Waals surface area (Å²) in [6.45, 7) is 4.23. The van der Waals surface area contributed by atoms with Gasteiger partial charge in [0.15, 0.2) is 17.8 Å². The van der Waals surface area contributed by atoms with Crippen LogP contribution in [0.25, 0.3) is 11.1 Å². The molecule has 0 atom stereocenters. The summed E-state index contributed by atoms with van der Waals surface area (Å²) in [6, 6.07) is 21.0. The van der Waals surface area contributed by atoms with Crippen LogP contribution in [-0.2, 0) is 25.6 Å². The third kappa shape index (κ3) is 9.46. The van der Waals surface area contributed by atoms with Crippen LogP contribution in [0.5, 0.6) is 17.2 Å². The van der Waals surface area contributed by atoms with Gasteiger partial charge in [-0.15, -0.1) is 0 Å². The molecule has 8 nitrogen and oxygen atoms in total. The van der Waals surface area contributed by atoms with E-state index >= 15 is 0 Å². The molecule has 3 aromatic carbocycles. The van der Waals surface area contributed by atoms with Gasteiger partial charge >= 0.3 is 0 Å². The van der Waals surface area contributed by atoms with Gasteiger partial charge in [0.05, 0.1) is 58.9 Å². The zero-order valence-corrected chi connectivity index (χ0v) is 22.1. The number of aldehydes is 1. The Bertz CT molecular complexity index is 1090. The van der Waals surface area contributed by atoms with Gasteiger partial charge in [-0.25, -0.2) is 0 Å². The highest BCUT2D eigenvalue weighted by Crippen LogP contribution is 2.39. The van der Waals surface area contributed by atoms with Gasteiger partial charge in [-0.1, -0.05) is 48.5 Å². The first kappa shape index (κ1) is 29.1. The highest BCUT2D eigenvalue weighted by molar-refractivity contribution is 5.86.